The van der Waals surface area contributed by atoms with Crippen LogP contribution in [0.15, 0.2) is 18.2 Å². The fourth-order valence-corrected chi connectivity index (χ4v) is 1.76. The fraction of sp³-hybridized carbons (Fsp3) is 0.500. The zero-order valence-corrected chi connectivity index (χ0v) is 9.73. The molecular formula is C12H16O4. The van der Waals surface area contributed by atoms with Crippen LogP contribution in [0.1, 0.15) is 11.7 Å². The Kier molecular flexibility index (Phi) is 3.31. The smallest absolute Gasteiger partial charge is 0.161 e. The van der Waals surface area contributed by atoms with Crippen LogP contribution in [0, 0.1) is 0 Å². The molecule has 2 rings (SSSR count). The van der Waals surface area contributed by atoms with Crippen molar-refractivity contribution in [2.75, 3.05) is 27.9 Å². The molecule has 0 aromatic heterocycles. The second-order valence-electron chi connectivity index (χ2n) is 3.64. The molecule has 2 atom stereocenters. The molecule has 1 saturated heterocycles. The third-order valence-corrected chi connectivity index (χ3v) is 2.69. The molecule has 0 amide bonds. The summed E-state index contributed by atoms with van der Waals surface area (Å²) in [6, 6.07) is 5.77. The second kappa shape index (κ2) is 4.72. The van der Waals surface area contributed by atoms with Crippen molar-refractivity contribution in [1.82, 2.24) is 0 Å². The third kappa shape index (κ3) is 2.13. The van der Waals surface area contributed by atoms with Gasteiger partial charge < -0.3 is 18.9 Å². The number of ether oxygens (including phenoxy) is 4. The first-order chi connectivity index (χ1) is 7.80. The molecule has 1 aromatic rings. The molecule has 0 radical (unpaired) electrons. The molecule has 1 aliphatic heterocycles. The summed E-state index contributed by atoms with van der Waals surface area (Å²) in [5.41, 5.74) is 1.04. The van der Waals surface area contributed by atoms with Crippen molar-refractivity contribution >= 4 is 0 Å². The molecule has 0 unspecified atom stereocenters. The van der Waals surface area contributed by atoms with E-state index in [9.17, 15) is 0 Å². The van der Waals surface area contributed by atoms with E-state index in [4.69, 9.17) is 18.9 Å². The zero-order chi connectivity index (χ0) is 11.5. The number of hydrogen-bond acceptors (Lipinski definition) is 4. The number of rotatable bonds is 5. The van der Waals surface area contributed by atoms with Crippen LogP contribution >= 0.6 is 0 Å². The Labute approximate surface area is 95.1 Å². The van der Waals surface area contributed by atoms with Gasteiger partial charge in [-0.05, 0) is 17.7 Å². The predicted octanol–water partition coefficient (Wildman–Crippen LogP) is 1.79. The molecule has 0 saturated carbocycles. The van der Waals surface area contributed by atoms with Gasteiger partial charge in [0.15, 0.2) is 11.5 Å². The van der Waals surface area contributed by atoms with E-state index in [1.54, 1.807) is 21.3 Å². The van der Waals surface area contributed by atoms with Gasteiger partial charge in [-0.3, -0.25) is 0 Å². The van der Waals surface area contributed by atoms with Crippen LogP contribution in [0.5, 0.6) is 11.5 Å². The SMILES string of the molecule is COc1ccc([C@@H](OC)[C@H]2CO2)cc1OC. The monoisotopic (exact) mass is 224 g/mol. The zero-order valence-electron chi connectivity index (χ0n) is 9.73. The van der Waals surface area contributed by atoms with Crippen LogP contribution in [0.25, 0.3) is 0 Å². The van der Waals surface area contributed by atoms with Crippen LogP contribution in [0.2, 0.25) is 0 Å². The summed E-state index contributed by atoms with van der Waals surface area (Å²) < 4.78 is 21.1. The summed E-state index contributed by atoms with van der Waals surface area (Å²) in [6.45, 7) is 0.757. The fourth-order valence-electron chi connectivity index (χ4n) is 1.76. The Morgan fingerprint density at radius 1 is 1.19 bits per heavy atom. The van der Waals surface area contributed by atoms with Crippen molar-refractivity contribution in [3.8, 4) is 11.5 Å². The van der Waals surface area contributed by atoms with Gasteiger partial charge in [0.25, 0.3) is 0 Å². The quantitative estimate of drug-likeness (QED) is 0.715. The van der Waals surface area contributed by atoms with Crippen LogP contribution in [0.4, 0.5) is 0 Å². The lowest BCUT2D eigenvalue weighted by atomic mass is 10.1. The third-order valence-electron chi connectivity index (χ3n) is 2.69. The summed E-state index contributed by atoms with van der Waals surface area (Å²) in [4.78, 5) is 0. The van der Waals surface area contributed by atoms with Gasteiger partial charge in [-0.25, -0.2) is 0 Å². The highest BCUT2D eigenvalue weighted by atomic mass is 16.6. The molecule has 0 N–H and O–H groups in total. The molecular weight excluding hydrogens is 208 g/mol. The average molecular weight is 224 g/mol. The number of benzene rings is 1. The van der Waals surface area contributed by atoms with Gasteiger partial charge in [0.05, 0.1) is 20.8 Å². The molecule has 88 valence electrons. The minimum Gasteiger partial charge on any atom is -0.493 e. The maximum Gasteiger partial charge on any atom is 0.161 e. The minimum absolute atomic E-state index is 0.0280. The normalized spacial score (nSPS) is 20.3. The van der Waals surface area contributed by atoms with Gasteiger partial charge in [-0.1, -0.05) is 6.07 Å². The minimum atomic E-state index is -0.0280. The Bertz CT molecular complexity index is 360. The van der Waals surface area contributed by atoms with E-state index in [1.807, 2.05) is 18.2 Å². The lowest BCUT2D eigenvalue weighted by Gasteiger charge is -2.15. The summed E-state index contributed by atoms with van der Waals surface area (Å²) >= 11 is 0. The van der Waals surface area contributed by atoms with E-state index < -0.39 is 0 Å². The van der Waals surface area contributed by atoms with Crippen molar-refractivity contribution in [2.24, 2.45) is 0 Å². The average Bonchev–Trinajstić information content (AvgIpc) is 3.14. The molecule has 0 bridgehead atoms. The molecule has 1 aromatic carbocycles. The maximum atomic E-state index is 5.41. The van der Waals surface area contributed by atoms with Gasteiger partial charge >= 0.3 is 0 Å². The number of methoxy groups -OCH3 is 3. The Balaban J connectivity index is 2.26. The van der Waals surface area contributed by atoms with Crippen molar-refractivity contribution < 1.29 is 18.9 Å². The van der Waals surface area contributed by atoms with Crippen LogP contribution in [-0.2, 0) is 9.47 Å². The van der Waals surface area contributed by atoms with Crippen molar-refractivity contribution in [3.05, 3.63) is 23.8 Å². The van der Waals surface area contributed by atoms with Gasteiger partial charge in [-0.2, -0.15) is 0 Å². The second-order valence-corrected chi connectivity index (χ2v) is 3.64. The van der Waals surface area contributed by atoms with Gasteiger partial charge in [0.1, 0.15) is 12.2 Å². The molecule has 1 fully saturated rings. The van der Waals surface area contributed by atoms with Crippen molar-refractivity contribution in [2.45, 2.75) is 12.2 Å². The van der Waals surface area contributed by atoms with E-state index in [0.717, 1.165) is 17.9 Å². The Morgan fingerprint density at radius 2 is 1.88 bits per heavy atom. The first kappa shape index (κ1) is 11.2. The van der Waals surface area contributed by atoms with Gasteiger partial charge in [0.2, 0.25) is 0 Å². The van der Waals surface area contributed by atoms with Crippen molar-refractivity contribution in [3.63, 3.8) is 0 Å². The molecule has 1 aliphatic rings. The number of epoxide rings is 1. The summed E-state index contributed by atoms with van der Waals surface area (Å²) in [5, 5.41) is 0. The summed E-state index contributed by atoms with van der Waals surface area (Å²) in [5.74, 6) is 1.43. The maximum absolute atomic E-state index is 5.41. The first-order valence-corrected chi connectivity index (χ1v) is 5.16. The van der Waals surface area contributed by atoms with E-state index in [1.165, 1.54) is 0 Å². The number of hydrogen-bond donors (Lipinski definition) is 0. The highest BCUT2D eigenvalue weighted by Gasteiger charge is 2.34. The van der Waals surface area contributed by atoms with Crippen LogP contribution < -0.4 is 9.47 Å². The largest absolute Gasteiger partial charge is 0.493 e. The predicted molar refractivity (Wildman–Crippen MR) is 59.0 cm³/mol. The van der Waals surface area contributed by atoms with Crippen molar-refractivity contribution in [1.29, 1.82) is 0 Å². The highest BCUT2D eigenvalue weighted by Crippen LogP contribution is 2.35. The molecule has 0 aliphatic carbocycles. The summed E-state index contributed by atoms with van der Waals surface area (Å²) in [6.07, 6.45) is 0.142. The first-order valence-electron chi connectivity index (χ1n) is 5.16. The van der Waals surface area contributed by atoms with E-state index in [0.29, 0.717) is 5.75 Å². The molecule has 4 heteroatoms. The molecule has 16 heavy (non-hydrogen) atoms. The Morgan fingerprint density at radius 3 is 2.38 bits per heavy atom. The lowest BCUT2D eigenvalue weighted by Crippen LogP contribution is -2.08. The van der Waals surface area contributed by atoms with Gasteiger partial charge in [-0.15, -0.1) is 0 Å². The summed E-state index contributed by atoms with van der Waals surface area (Å²) in [7, 11) is 4.93. The Hall–Kier alpha value is -1.26. The lowest BCUT2D eigenvalue weighted by molar-refractivity contribution is 0.0759. The molecule has 4 nitrogen and oxygen atoms in total. The van der Waals surface area contributed by atoms with Crippen LogP contribution in [0.3, 0.4) is 0 Å². The highest BCUT2D eigenvalue weighted by molar-refractivity contribution is 5.43. The molecule has 1 heterocycles. The van der Waals surface area contributed by atoms with E-state index in [-0.39, 0.29) is 12.2 Å². The molecule has 0 spiro atoms. The topological polar surface area (TPSA) is 40.2 Å². The van der Waals surface area contributed by atoms with Gasteiger partial charge in [0, 0.05) is 7.11 Å². The van der Waals surface area contributed by atoms with E-state index >= 15 is 0 Å². The standard InChI is InChI=1S/C12H16O4/c1-13-9-5-4-8(6-10(9)14-2)12(15-3)11-7-16-11/h4-6,11-12H,7H2,1-3H3/t11-,12-/m1/s1. The van der Waals surface area contributed by atoms with E-state index in [2.05, 4.69) is 0 Å². The van der Waals surface area contributed by atoms with Crippen LogP contribution in [-0.4, -0.2) is 34.0 Å².